The largest absolute Gasteiger partial charge is 0.269 e. The number of hydrogen-bond donors (Lipinski definition) is 0. The van der Waals surface area contributed by atoms with Crippen LogP contribution in [0.4, 0.5) is 5.69 Å². The lowest BCUT2D eigenvalue weighted by Gasteiger charge is -2.01. The molecule has 0 heterocycles. The molecule has 94 valence electrons. The van der Waals surface area contributed by atoms with Crippen molar-refractivity contribution in [3.8, 4) is 0 Å². The average molecular weight is 235 g/mol. The Balaban J connectivity index is 2.21. The number of non-ortho nitro benzene ring substituents is 1. The number of nitro benzene ring substituents is 1. The average Bonchev–Trinajstić information content (AvgIpc) is 2.34. The van der Waals surface area contributed by atoms with E-state index in [1.54, 1.807) is 12.1 Å². The Bertz CT molecular complexity index is 333. The van der Waals surface area contributed by atoms with Crippen LogP contribution in [0.5, 0.6) is 0 Å². The lowest BCUT2D eigenvalue weighted by molar-refractivity contribution is -0.384. The first kappa shape index (κ1) is 13.7. The first-order chi connectivity index (χ1) is 8.24. The molecule has 0 saturated heterocycles. The Labute approximate surface area is 103 Å². The molecule has 0 aliphatic carbocycles. The van der Waals surface area contributed by atoms with Crippen molar-refractivity contribution < 1.29 is 4.92 Å². The second-order valence-electron chi connectivity index (χ2n) is 4.44. The van der Waals surface area contributed by atoms with Crippen LogP contribution in [0.3, 0.4) is 0 Å². The quantitative estimate of drug-likeness (QED) is 0.378. The fourth-order valence-corrected chi connectivity index (χ4v) is 1.89. The van der Waals surface area contributed by atoms with Gasteiger partial charge in [-0.3, -0.25) is 10.1 Å². The summed E-state index contributed by atoms with van der Waals surface area (Å²) in [4.78, 5) is 10.1. The third-order valence-electron chi connectivity index (χ3n) is 2.97. The minimum atomic E-state index is -0.353. The zero-order chi connectivity index (χ0) is 12.5. The van der Waals surface area contributed by atoms with Crippen LogP contribution in [0, 0.1) is 10.1 Å². The Morgan fingerprint density at radius 2 is 1.59 bits per heavy atom. The van der Waals surface area contributed by atoms with Crippen molar-refractivity contribution in [2.24, 2.45) is 0 Å². The summed E-state index contributed by atoms with van der Waals surface area (Å²) in [5.74, 6) is 0. The third kappa shape index (κ3) is 5.48. The number of aryl methyl sites for hydroxylation is 1. The maximum atomic E-state index is 10.5. The van der Waals surface area contributed by atoms with E-state index in [4.69, 9.17) is 0 Å². The number of nitrogens with zero attached hydrogens (tertiary/aromatic N) is 1. The molecular weight excluding hydrogens is 214 g/mol. The van der Waals surface area contributed by atoms with E-state index < -0.39 is 0 Å². The van der Waals surface area contributed by atoms with Crippen LogP contribution in [0.25, 0.3) is 0 Å². The highest BCUT2D eigenvalue weighted by atomic mass is 16.6. The zero-order valence-corrected chi connectivity index (χ0v) is 10.5. The van der Waals surface area contributed by atoms with E-state index >= 15 is 0 Å². The van der Waals surface area contributed by atoms with Gasteiger partial charge in [-0.25, -0.2) is 0 Å². The van der Waals surface area contributed by atoms with Crippen molar-refractivity contribution in [3.63, 3.8) is 0 Å². The standard InChI is InChI=1S/C14H21NO2/c1-2-3-4-5-6-7-8-13-9-11-14(12-10-13)15(16)17/h9-12H,2-8H2,1H3. The summed E-state index contributed by atoms with van der Waals surface area (Å²) in [5, 5.41) is 10.5. The molecule has 0 aliphatic rings. The van der Waals surface area contributed by atoms with Gasteiger partial charge in [0.2, 0.25) is 0 Å². The minimum Gasteiger partial charge on any atom is -0.258 e. The molecule has 1 aromatic rings. The van der Waals surface area contributed by atoms with Gasteiger partial charge in [-0.2, -0.15) is 0 Å². The van der Waals surface area contributed by atoms with Crippen molar-refractivity contribution in [3.05, 3.63) is 39.9 Å². The SMILES string of the molecule is CCCCCCCCc1ccc([N+](=O)[O-])cc1. The van der Waals surface area contributed by atoms with Gasteiger partial charge in [-0.1, -0.05) is 51.2 Å². The van der Waals surface area contributed by atoms with Crippen molar-refractivity contribution in [1.29, 1.82) is 0 Å². The fourth-order valence-electron chi connectivity index (χ4n) is 1.89. The Hall–Kier alpha value is -1.38. The van der Waals surface area contributed by atoms with Gasteiger partial charge in [0, 0.05) is 12.1 Å². The monoisotopic (exact) mass is 235 g/mol. The second-order valence-corrected chi connectivity index (χ2v) is 4.44. The van der Waals surface area contributed by atoms with E-state index in [0.29, 0.717) is 0 Å². The molecule has 0 amide bonds. The topological polar surface area (TPSA) is 43.1 Å². The van der Waals surface area contributed by atoms with Crippen molar-refractivity contribution >= 4 is 5.69 Å². The highest BCUT2D eigenvalue weighted by Crippen LogP contribution is 2.14. The number of nitro groups is 1. The minimum absolute atomic E-state index is 0.177. The van der Waals surface area contributed by atoms with Crippen LogP contribution in [0.2, 0.25) is 0 Å². The van der Waals surface area contributed by atoms with E-state index in [2.05, 4.69) is 6.92 Å². The normalized spacial score (nSPS) is 10.4. The molecule has 0 spiro atoms. The summed E-state index contributed by atoms with van der Waals surface area (Å²) in [5.41, 5.74) is 1.38. The molecule has 1 aromatic carbocycles. The van der Waals surface area contributed by atoms with Gasteiger partial charge in [0.05, 0.1) is 4.92 Å². The number of hydrogen-bond acceptors (Lipinski definition) is 2. The summed E-state index contributed by atoms with van der Waals surface area (Å²) < 4.78 is 0. The first-order valence-electron chi connectivity index (χ1n) is 6.47. The van der Waals surface area contributed by atoms with E-state index in [0.717, 1.165) is 6.42 Å². The lowest BCUT2D eigenvalue weighted by atomic mass is 10.0. The van der Waals surface area contributed by atoms with Gasteiger partial charge >= 0.3 is 0 Å². The molecule has 0 aliphatic heterocycles. The van der Waals surface area contributed by atoms with E-state index in [1.165, 1.54) is 44.1 Å². The molecular formula is C14H21NO2. The predicted molar refractivity (Wildman–Crippen MR) is 70.2 cm³/mol. The van der Waals surface area contributed by atoms with E-state index in [9.17, 15) is 10.1 Å². The molecule has 0 fully saturated rings. The summed E-state index contributed by atoms with van der Waals surface area (Å²) in [6, 6.07) is 6.91. The summed E-state index contributed by atoms with van der Waals surface area (Å²) in [7, 11) is 0. The molecule has 0 saturated carbocycles. The van der Waals surface area contributed by atoms with Crippen molar-refractivity contribution in [2.75, 3.05) is 0 Å². The van der Waals surface area contributed by atoms with Gasteiger partial charge in [-0.15, -0.1) is 0 Å². The van der Waals surface area contributed by atoms with Crippen molar-refractivity contribution in [1.82, 2.24) is 0 Å². The maximum Gasteiger partial charge on any atom is 0.269 e. The van der Waals surface area contributed by atoms with E-state index in [-0.39, 0.29) is 10.6 Å². The smallest absolute Gasteiger partial charge is 0.258 e. The van der Waals surface area contributed by atoms with Crippen LogP contribution >= 0.6 is 0 Å². The Morgan fingerprint density at radius 3 is 2.18 bits per heavy atom. The summed E-state index contributed by atoms with van der Waals surface area (Å²) >= 11 is 0. The molecule has 3 heteroatoms. The third-order valence-corrected chi connectivity index (χ3v) is 2.97. The summed E-state index contributed by atoms with van der Waals surface area (Å²) in [6.07, 6.45) is 8.72. The summed E-state index contributed by atoms with van der Waals surface area (Å²) in [6.45, 7) is 2.22. The maximum absolute atomic E-state index is 10.5. The highest BCUT2D eigenvalue weighted by molar-refractivity contribution is 5.32. The molecule has 0 bridgehead atoms. The van der Waals surface area contributed by atoms with Crippen LogP contribution in [-0.2, 0) is 6.42 Å². The van der Waals surface area contributed by atoms with Crippen molar-refractivity contribution in [2.45, 2.75) is 51.9 Å². The van der Waals surface area contributed by atoms with E-state index in [1.807, 2.05) is 12.1 Å². The Kier molecular flexibility index (Phi) is 6.30. The molecule has 3 nitrogen and oxygen atoms in total. The predicted octanol–water partition coefficient (Wildman–Crippen LogP) is 4.50. The van der Waals surface area contributed by atoms with Crippen LogP contribution in [0.1, 0.15) is 51.0 Å². The fraction of sp³-hybridized carbons (Fsp3) is 0.571. The number of benzene rings is 1. The molecule has 0 unspecified atom stereocenters. The van der Waals surface area contributed by atoms with Crippen LogP contribution in [-0.4, -0.2) is 4.92 Å². The molecule has 1 rings (SSSR count). The van der Waals surface area contributed by atoms with Crippen LogP contribution in [0.15, 0.2) is 24.3 Å². The molecule has 17 heavy (non-hydrogen) atoms. The Morgan fingerprint density at radius 1 is 1.00 bits per heavy atom. The number of unbranched alkanes of at least 4 members (excludes halogenated alkanes) is 5. The molecule has 0 aromatic heterocycles. The highest BCUT2D eigenvalue weighted by Gasteiger charge is 2.03. The second kappa shape index (κ2) is 7.82. The van der Waals surface area contributed by atoms with Gasteiger partial charge in [0.15, 0.2) is 0 Å². The van der Waals surface area contributed by atoms with Crippen LogP contribution < -0.4 is 0 Å². The zero-order valence-electron chi connectivity index (χ0n) is 10.5. The van der Waals surface area contributed by atoms with Gasteiger partial charge < -0.3 is 0 Å². The van der Waals surface area contributed by atoms with Gasteiger partial charge in [-0.05, 0) is 18.4 Å². The molecule has 0 atom stereocenters. The first-order valence-corrected chi connectivity index (χ1v) is 6.47. The lowest BCUT2D eigenvalue weighted by Crippen LogP contribution is -1.90. The van der Waals surface area contributed by atoms with Gasteiger partial charge in [0.25, 0.3) is 5.69 Å². The molecule has 0 N–H and O–H groups in total. The van der Waals surface area contributed by atoms with Gasteiger partial charge in [0.1, 0.15) is 0 Å². The number of rotatable bonds is 8. The molecule has 0 radical (unpaired) electrons.